The second kappa shape index (κ2) is 10.0. The van der Waals surface area contributed by atoms with E-state index in [4.69, 9.17) is 9.84 Å². The van der Waals surface area contributed by atoms with Gasteiger partial charge in [0, 0.05) is 41.6 Å². The quantitative estimate of drug-likeness (QED) is 0.444. The van der Waals surface area contributed by atoms with E-state index in [0.717, 1.165) is 39.4 Å². The van der Waals surface area contributed by atoms with Crippen LogP contribution in [0.3, 0.4) is 0 Å². The van der Waals surface area contributed by atoms with Crippen LogP contribution in [0.5, 0.6) is 5.75 Å². The van der Waals surface area contributed by atoms with Crippen LogP contribution in [0.2, 0.25) is 0 Å². The fourth-order valence-corrected chi connectivity index (χ4v) is 5.07. The number of nitrogens with zero attached hydrogens (tertiary/aromatic N) is 3. The van der Waals surface area contributed by atoms with E-state index in [-0.39, 0.29) is 12.1 Å². The first kappa shape index (κ1) is 25.0. The van der Waals surface area contributed by atoms with E-state index in [2.05, 4.69) is 15.3 Å². The molecule has 0 saturated heterocycles. The zero-order chi connectivity index (χ0) is 26.3. The molecule has 3 aromatic rings. The van der Waals surface area contributed by atoms with E-state index >= 15 is 0 Å². The molecular weight excluding hydrogens is 485 g/mol. The molecule has 0 spiro atoms. The van der Waals surface area contributed by atoms with Crippen molar-refractivity contribution in [3.8, 4) is 5.75 Å². The summed E-state index contributed by atoms with van der Waals surface area (Å²) in [4.78, 5) is 22.2. The number of anilines is 1. The van der Waals surface area contributed by atoms with Gasteiger partial charge in [0.05, 0.1) is 30.3 Å². The van der Waals surface area contributed by atoms with Crippen molar-refractivity contribution in [3.05, 3.63) is 64.2 Å². The summed E-state index contributed by atoms with van der Waals surface area (Å²) in [6.45, 7) is 5.10. The van der Waals surface area contributed by atoms with Crippen LogP contribution in [0.4, 0.5) is 19.0 Å². The van der Waals surface area contributed by atoms with Crippen molar-refractivity contribution in [3.63, 3.8) is 0 Å². The molecular formula is C27H27F3N4O3. The number of ether oxygens (including phenoxy) is 1. The molecule has 3 heterocycles. The van der Waals surface area contributed by atoms with Crippen molar-refractivity contribution in [1.82, 2.24) is 14.9 Å². The summed E-state index contributed by atoms with van der Waals surface area (Å²) in [6.07, 6.45) is 0.446. The lowest BCUT2D eigenvalue weighted by atomic mass is 9.93. The third kappa shape index (κ3) is 4.85. The second-order valence-corrected chi connectivity index (χ2v) is 9.37. The lowest BCUT2D eigenvalue weighted by molar-refractivity contribution is -0.138. The Balaban J connectivity index is 1.56. The number of carboxylic acids is 1. The minimum atomic E-state index is -2.91. The average Bonchev–Trinajstić information content (AvgIpc) is 3.34. The maximum Gasteiger partial charge on any atom is 0.317 e. The van der Waals surface area contributed by atoms with Gasteiger partial charge in [0.1, 0.15) is 23.2 Å². The van der Waals surface area contributed by atoms with Crippen molar-refractivity contribution in [2.24, 2.45) is 0 Å². The Morgan fingerprint density at radius 3 is 2.73 bits per heavy atom. The molecule has 37 heavy (non-hydrogen) atoms. The number of carboxylic acid groups (broad SMARTS) is 1. The molecule has 2 aromatic carbocycles. The first-order valence-corrected chi connectivity index (χ1v) is 12.2. The van der Waals surface area contributed by atoms with Crippen LogP contribution >= 0.6 is 0 Å². The lowest BCUT2D eigenvalue weighted by Gasteiger charge is -2.26. The number of fused-ring (bicyclic) bond motifs is 3. The van der Waals surface area contributed by atoms with Crippen molar-refractivity contribution < 1.29 is 27.8 Å². The summed E-state index contributed by atoms with van der Waals surface area (Å²) < 4.78 is 47.4. The highest BCUT2D eigenvalue weighted by molar-refractivity contribution is 5.97. The molecule has 0 saturated carbocycles. The first-order valence-electron chi connectivity index (χ1n) is 12.2. The van der Waals surface area contributed by atoms with Crippen LogP contribution in [0.25, 0.3) is 16.5 Å². The highest BCUT2D eigenvalue weighted by Crippen LogP contribution is 2.42. The molecule has 0 amide bonds. The summed E-state index contributed by atoms with van der Waals surface area (Å²) in [5, 5.41) is 13.1. The lowest BCUT2D eigenvalue weighted by Crippen LogP contribution is -2.33. The molecule has 0 bridgehead atoms. The van der Waals surface area contributed by atoms with Crippen molar-refractivity contribution >= 4 is 28.3 Å². The second-order valence-electron chi connectivity index (χ2n) is 9.37. The Morgan fingerprint density at radius 2 is 2.03 bits per heavy atom. The van der Waals surface area contributed by atoms with E-state index in [0.29, 0.717) is 44.2 Å². The number of aryl methyl sites for hydroxylation is 1. The molecule has 194 valence electrons. The largest absolute Gasteiger partial charge is 0.492 e. The normalized spacial score (nSPS) is 16.4. The SMILES string of the molecule is Cc1nc(N[C@H](C)c2cccc(C(F)F)c2F)c2cc(C3=CCN(CC(=O)O)CC3)c3c(c2n1)CCO3. The number of aliphatic carboxylic acids is 1. The number of nitrogens with one attached hydrogen (secondary N) is 1. The van der Waals surface area contributed by atoms with Gasteiger partial charge < -0.3 is 15.2 Å². The summed E-state index contributed by atoms with van der Waals surface area (Å²) in [5.41, 5.74) is 3.16. The Kier molecular flexibility index (Phi) is 6.76. The van der Waals surface area contributed by atoms with Crippen LogP contribution in [0.1, 0.15) is 53.9 Å². The molecule has 0 aliphatic carbocycles. The zero-order valence-corrected chi connectivity index (χ0v) is 20.5. The molecule has 1 aromatic heterocycles. The van der Waals surface area contributed by atoms with E-state index in [1.807, 2.05) is 17.0 Å². The number of halogens is 3. The summed E-state index contributed by atoms with van der Waals surface area (Å²) in [6, 6.07) is 5.32. The zero-order valence-electron chi connectivity index (χ0n) is 20.5. The number of alkyl halides is 2. The monoisotopic (exact) mass is 512 g/mol. The number of benzene rings is 2. The molecule has 1 atom stereocenters. The fraction of sp³-hybridized carbons (Fsp3) is 0.370. The number of hydrogen-bond acceptors (Lipinski definition) is 6. The topological polar surface area (TPSA) is 87.6 Å². The highest BCUT2D eigenvalue weighted by atomic mass is 19.3. The Hall–Kier alpha value is -3.66. The van der Waals surface area contributed by atoms with E-state index in [1.165, 1.54) is 12.1 Å². The van der Waals surface area contributed by atoms with Gasteiger partial charge in [-0.25, -0.2) is 23.1 Å². The highest BCUT2D eigenvalue weighted by Gasteiger charge is 2.27. The van der Waals surface area contributed by atoms with Gasteiger partial charge in [-0.1, -0.05) is 24.3 Å². The number of aromatic nitrogens is 2. The molecule has 2 aliphatic heterocycles. The molecule has 10 heteroatoms. The van der Waals surface area contributed by atoms with E-state index < -0.39 is 29.8 Å². The summed E-state index contributed by atoms with van der Waals surface area (Å²) in [7, 11) is 0. The molecule has 0 unspecified atom stereocenters. The van der Waals surface area contributed by atoms with Crippen molar-refractivity contribution in [2.45, 2.75) is 39.2 Å². The van der Waals surface area contributed by atoms with Crippen molar-refractivity contribution in [1.29, 1.82) is 0 Å². The Bertz CT molecular complexity index is 1410. The summed E-state index contributed by atoms with van der Waals surface area (Å²) in [5.74, 6) is -0.0116. The summed E-state index contributed by atoms with van der Waals surface area (Å²) >= 11 is 0. The van der Waals surface area contributed by atoms with Crippen LogP contribution in [-0.4, -0.2) is 52.2 Å². The van der Waals surface area contributed by atoms with Gasteiger partial charge in [0.15, 0.2) is 0 Å². The number of carbonyl (C=O) groups is 1. The Labute approximate surface area is 212 Å². The van der Waals surface area contributed by atoms with Crippen LogP contribution in [0, 0.1) is 12.7 Å². The number of rotatable bonds is 7. The first-order chi connectivity index (χ1) is 17.7. The maximum absolute atomic E-state index is 14.8. The van der Waals surface area contributed by atoms with Gasteiger partial charge in [-0.15, -0.1) is 0 Å². The van der Waals surface area contributed by atoms with Gasteiger partial charge in [-0.2, -0.15) is 0 Å². The van der Waals surface area contributed by atoms with Crippen LogP contribution < -0.4 is 10.1 Å². The van der Waals surface area contributed by atoms with Gasteiger partial charge >= 0.3 is 5.97 Å². The molecule has 0 fully saturated rings. The van der Waals surface area contributed by atoms with Crippen molar-refractivity contribution in [2.75, 3.05) is 31.6 Å². The van der Waals surface area contributed by atoms with Gasteiger partial charge in [0.2, 0.25) is 0 Å². The van der Waals surface area contributed by atoms with E-state index in [9.17, 15) is 18.0 Å². The molecule has 2 aliphatic rings. The molecule has 7 nitrogen and oxygen atoms in total. The average molecular weight is 513 g/mol. The third-order valence-electron chi connectivity index (χ3n) is 6.86. The third-order valence-corrected chi connectivity index (χ3v) is 6.86. The van der Waals surface area contributed by atoms with Gasteiger partial charge in [-0.05, 0) is 31.9 Å². The van der Waals surface area contributed by atoms with Gasteiger partial charge in [0.25, 0.3) is 6.43 Å². The minimum Gasteiger partial charge on any atom is -0.492 e. The number of hydrogen-bond donors (Lipinski definition) is 2. The van der Waals surface area contributed by atoms with E-state index in [1.54, 1.807) is 13.8 Å². The maximum atomic E-state index is 14.8. The predicted octanol–water partition coefficient (Wildman–Crippen LogP) is 5.30. The van der Waals surface area contributed by atoms with Crippen LogP contribution in [0.15, 0.2) is 30.3 Å². The molecule has 5 rings (SSSR count). The van der Waals surface area contributed by atoms with Gasteiger partial charge in [-0.3, -0.25) is 9.69 Å². The van der Waals surface area contributed by atoms with Crippen LogP contribution in [-0.2, 0) is 11.2 Å². The fourth-order valence-electron chi connectivity index (χ4n) is 5.07. The smallest absolute Gasteiger partial charge is 0.317 e. The predicted molar refractivity (Wildman–Crippen MR) is 134 cm³/mol. The molecule has 0 radical (unpaired) electrons. The molecule has 2 N–H and O–H groups in total. The Morgan fingerprint density at radius 1 is 1.24 bits per heavy atom. The minimum absolute atomic E-state index is 0.0154. The standard InChI is InChI=1S/C27H27F3N4O3/c1-14(17-4-3-5-18(23(17)28)26(29)30)31-27-21-12-20(16-6-9-34(10-7-16)13-22(35)36)25-19(8-11-37-25)24(21)32-15(2)33-27/h3-6,12,14,26H,7-11,13H2,1-2H3,(H,35,36)(H,31,32,33)/t14-/m1/s1.